The topological polar surface area (TPSA) is 17.1 Å². The van der Waals surface area contributed by atoms with Gasteiger partial charge in [0.1, 0.15) is 5.78 Å². The zero-order valence-electron chi connectivity index (χ0n) is 11.0. The highest BCUT2D eigenvalue weighted by molar-refractivity contribution is 7.99. The Morgan fingerprint density at radius 2 is 2.00 bits per heavy atom. The fourth-order valence-electron chi connectivity index (χ4n) is 2.62. The molecule has 1 fully saturated rings. The molecule has 0 saturated heterocycles. The highest BCUT2D eigenvalue weighted by Crippen LogP contribution is 2.33. The SMILES string of the molecule is CCC1CCCCC1C(=O)CSCC(C)C. The molecule has 0 N–H and O–H groups in total. The average Bonchev–Trinajstić information content (AvgIpc) is 2.28. The maximum Gasteiger partial charge on any atom is 0.146 e. The second-order valence-electron chi connectivity index (χ2n) is 5.43. The first-order chi connectivity index (χ1) is 7.65. The minimum absolute atomic E-state index is 0.387. The summed E-state index contributed by atoms with van der Waals surface area (Å²) >= 11 is 1.83. The minimum Gasteiger partial charge on any atom is -0.298 e. The number of carbonyl (C=O) groups excluding carboxylic acids is 1. The molecule has 0 heterocycles. The highest BCUT2D eigenvalue weighted by Gasteiger charge is 2.28. The molecule has 94 valence electrons. The summed E-state index contributed by atoms with van der Waals surface area (Å²) in [6.45, 7) is 6.66. The van der Waals surface area contributed by atoms with Crippen LogP contribution in [0.1, 0.15) is 52.9 Å². The molecule has 1 aliphatic rings. The molecule has 0 aromatic carbocycles. The van der Waals surface area contributed by atoms with E-state index in [2.05, 4.69) is 20.8 Å². The molecule has 0 bridgehead atoms. The maximum atomic E-state index is 12.1. The van der Waals surface area contributed by atoms with Gasteiger partial charge in [-0.05, 0) is 30.4 Å². The molecule has 2 heteroatoms. The van der Waals surface area contributed by atoms with Crippen LogP contribution in [-0.4, -0.2) is 17.3 Å². The Morgan fingerprint density at radius 3 is 2.62 bits per heavy atom. The summed E-state index contributed by atoms with van der Waals surface area (Å²) in [4.78, 5) is 12.1. The van der Waals surface area contributed by atoms with Gasteiger partial charge in [0.2, 0.25) is 0 Å². The number of Topliss-reactive ketones (excluding diaryl/α,β-unsaturated/α-hetero) is 1. The minimum atomic E-state index is 0.387. The van der Waals surface area contributed by atoms with Crippen LogP contribution in [0.2, 0.25) is 0 Å². The second-order valence-corrected chi connectivity index (χ2v) is 6.46. The fraction of sp³-hybridized carbons (Fsp3) is 0.929. The normalized spacial score (nSPS) is 26.0. The van der Waals surface area contributed by atoms with Crippen LogP contribution in [-0.2, 0) is 4.79 Å². The van der Waals surface area contributed by atoms with Gasteiger partial charge in [-0.25, -0.2) is 0 Å². The number of hydrogen-bond donors (Lipinski definition) is 0. The Morgan fingerprint density at radius 1 is 1.31 bits per heavy atom. The quantitative estimate of drug-likeness (QED) is 0.695. The monoisotopic (exact) mass is 242 g/mol. The summed E-state index contributed by atoms with van der Waals surface area (Å²) in [6, 6.07) is 0. The van der Waals surface area contributed by atoms with Crippen LogP contribution in [0.15, 0.2) is 0 Å². The lowest BCUT2D eigenvalue weighted by molar-refractivity contribution is -0.123. The van der Waals surface area contributed by atoms with Crippen molar-refractivity contribution < 1.29 is 4.79 Å². The molecular formula is C14H26OS. The third kappa shape index (κ3) is 4.48. The highest BCUT2D eigenvalue weighted by atomic mass is 32.2. The van der Waals surface area contributed by atoms with E-state index in [9.17, 15) is 4.79 Å². The molecule has 0 aromatic heterocycles. The summed E-state index contributed by atoms with van der Waals surface area (Å²) < 4.78 is 0. The summed E-state index contributed by atoms with van der Waals surface area (Å²) in [6.07, 6.45) is 6.22. The molecule has 2 unspecified atom stereocenters. The number of carbonyl (C=O) groups is 1. The van der Waals surface area contributed by atoms with Crippen LogP contribution in [0.3, 0.4) is 0 Å². The Balaban J connectivity index is 2.33. The van der Waals surface area contributed by atoms with Crippen LogP contribution in [0.5, 0.6) is 0 Å². The molecule has 1 nitrogen and oxygen atoms in total. The van der Waals surface area contributed by atoms with Crippen molar-refractivity contribution in [1.82, 2.24) is 0 Å². The largest absolute Gasteiger partial charge is 0.298 e. The van der Waals surface area contributed by atoms with Gasteiger partial charge in [0.25, 0.3) is 0 Å². The van der Waals surface area contributed by atoms with Crippen molar-refractivity contribution in [2.75, 3.05) is 11.5 Å². The smallest absolute Gasteiger partial charge is 0.146 e. The van der Waals surface area contributed by atoms with E-state index in [1.807, 2.05) is 11.8 Å². The molecule has 1 aliphatic carbocycles. The van der Waals surface area contributed by atoms with Gasteiger partial charge in [-0.2, -0.15) is 11.8 Å². The molecule has 0 spiro atoms. The molecule has 0 radical (unpaired) electrons. The Hall–Kier alpha value is 0.0200. The lowest BCUT2D eigenvalue weighted by Crippen LogP contribution is -2.28. The molecule has 0 aromatic rings. The Kier molecular flexibility index (Phi) is 6.48. The first-order valence-corrected chi connectivity index (χ1v) is 7.91. The molecular weight excluding hydrogens is 216 g/mol. The fourth-order valence-corrected chi connectivity index (χ4v) is 3.63. The maximum absolute atomic E-state index is 12.1. The van der Waals surface area contributed by atoms with Crippen LogP contribution in [0.25, 0.3) is 0 Å². The second kappa shape index (κ2) is 7.37. The van der Waals surface area contributed by atoms with Crippen LogP contribution >= 0.6 is 11.8 Å². The van der Waals surface area contributed by atoms with Crippen LogP contribution in [0.4, 0.5) is 0 Å². The van der Waals surface area contributed by atoms with Crippen molar-refractivity contribution in [2.45, 2.75) is 52.9 Å². The Bertz CT molecular complexity index is 213. The predicted octanol–water partition coefficient (Wildman–Crippen LogP) is 4.16. The first kappa shape index (κ1) is 14.1. The summed E-state index contributed by atoms with van der Waals surface area (Å²) in [7, 11) is 0. The summed E-state index contributed by atoms with van der Waals surface area (Å²) in [5, 5.41) is 0. The van der Waals surface area contributed by atoms with E-state index in [0.717, 1.165) is 17.9 Å². The molecule has 0 amide bonds. The van der Waals surface area contributed by atoms with Gasteiger partial charge >= 0.3 is 0 Å². The van der Waals surface area contributed by atoms with E-state index in [4.69, 9.17) is 0 Å². The molecule has 1 rings (SSSR count). The zero-order chi connectivity index (χ0) is 12.0. The van der Waals surface area contributed by atoms with Gasteiger partial charge < -0.3 is 0 Å². The van der Waals surface area contributed by atoms with Crippen LogP contribution in [0, 0.1) is 17.8 Å². The Labute approximate surface area is 105 Å². The molecule has 1 saturated carbocycles. The van der Waals surface area contributed by atoms with Crippen molar-refractivity contribution in [3.8, 4) is 0 Å². The van der Waals surface area contributed by atoms with E-state index in [-0.39, 0.29) is 0 Å². The summed E-state index contributed by atoms with van der Waals surface area (Å²) in [5.41, 5.74) is 0. The number of rotatable bonds is 6. The van der Waals surface area contributed by atoms with E-state index in [1.54, 1.807) is 0 Å². The average molecular weight is 242 g/mol. The first-order valence-electron chi connectivity index (χ1n) is 6.75. The van der Waals surface area contributed by atoms with Gasteiger partial charge in [0, 0.05) is 5.92 Å². The lowest BCUT2D eigenvalue weighted by Gasteiger charge is -2.29. The van der Waals surface area contributed by atoms with Gasteiger partial charge in [0.15, 0.2) is 0 Å². The molecule has 16 heavy (non-hydrogen) atoms. The van der Waals surface area contributed by atoms with Gasteiger partial charge in [-0.3, -0.25) is 4.79 Å². The van der Waals surface area contributed by atoms with E-state index in [1.165, 1.54) is 25.7 Å². The van der Waals surface area contributed by atoms with Crippen molar-refractivity contribution in [3.63, 3.8) is 0 Å². The van der Waals surface area contributed by atoms with E-state index in [0.29, 0.717) is 23.5 Å². The van der Waals surface area contributed by atoms with Crippen LogP contribution < -0.4 is 0 Å². The third-order valence-electron chi connectivity index (χ3n) is 3.54. The van der Waals surface area contributed by atoms with Crippen molar-refractivity contribution >= 4 is 17.5 Å². The van der Waals surface area contributed by atoms with E-state index >= 15 is 0 Å². The number of thioether (sulfide) groups is 1. The summed E-state index contributed by atoms with van der Waals surface area (Å²) in [5.74, 6) is 4.16. The van der Waals surface area contributed by atoms with Crippen molar-refractivity contribution in [2.24, 2.45) is 17.8 Å². The number of hydrogen-bond acceptors (Lipinski definition) is 2. The van der Waals surface area contributed by atoms with Gasteiger partial charge in [-0.15, -0.1) is 0 Å². The third-order valence-corrected chi connectivity index (χ3v) is 4.93. The van der Waals surface area contributed by atoms with Gasteiger partial charge in [0.05, 0.1) is 5.75 Å². The predicted molar refractivity (Wildman–Crippen MR) is 72.9 cm³/mol. The molecule has 0 aliphatic heterocycles. The van der Waals surface area contributed by atoms with Crippen molar-refractivity contribution in [1.29, 1.82) is 0 Å². The van der Waals surface area contributed by atoms with E-state index < -0.39 is 0 Å². The molecule has 2 atom stereocenters. The van der Waals surface area contributed by atoms with Crippen molar-refractivity contribution in [3.05, 3.63) is 0 Å². The lowest BCUT2D eigenvalue weighted by atomic mass is 9.76. The standard InChI is InChI=1S/C14H26OS/c1-4-12-7-5-6-8-13(12)14(15)10-16-9-11(2)3/h11-13H,4-10H2,1-3H3. The number of ketones is 1. The van der Waals surface area contributed by atoms with Gasteiger partial charge in [-0.1, -0.05) is 40.0 Å². The zero-order valence-corrected chi connectivity index (χ0v) is 11.8.